The summed E-state index contributed by atoms with van der Waals surface area (Å²) in [7, 11) is 0. The lowest BCUT2D eigenvalue weighted by atomic mass is 10.1. The number of hydrogen-bond donors (Lipinski definition) is 0. The highest BCUT2D eigenvalue weighted by Gasteiger charge is 2.25. The zero-order valence-corrected chi connectivity index (χ0v) is 14.6. The van der Waals surface area contributed by atoms with Crippen LogP contribution in [-0.4, -0.2) is 46.6 Å². The molecule has 0 aliphatic carbocycles. The fraction of sp³-hybridized carbons (Fsp3) is 0.421. The van der Waals surface area contributed by atoms with Crippen LogP contribution in [0, 0.1) is 13.8 Å². The standard InChI is InChI=1S/C19H23N3O3/c1-14-11-18(21-15(2)20-14)25-17-9-6-10-22(12-17)19(23)13-24-16-7-4-3-5-8-16/h3-5,7-8,11,17H,6,9-10,12-13H2,1-2H3/t17-/m1/s1. The Bertz CT molecular complexity index is 701. The van der Waals surface area contributed by atoms with Crippen molar-refractivity contribution in [1.82, 2.24) is 14.9 Å². The van der Waals surface area contributed by atoms with E-state index in [2.05, 4.69) is 9.97 Å². The summed E-state index contributed by atoms with van der Waals surface area (Å²) in [5.41, 5.74) is 0.877. The molecule has 0 bridgehead atoms. The van der Waals surface area contributed by atoms with Crippen molar-refractivity contribution in [3.63, 3.8) is 0 Å². The Morgan fingerprint density at radius 3 is 2.80 bits per heavy atom. The highest BCUT2D eigenvalue weighted by Crippen LogP contribution is 2.18. The summed E-state index contributed by atoms with van der Waals surface area (Å²) in [6.07, 6.45) is 1.76. The number of benzene rings is 1. The number of piperidine rings is 1. The van der Waals surface area contributed by atoms with Crippen molar-refractivity contribution in [3.8, 4) is 11.6 Å². The molecular formula is C19H23N3O3. The van der Waals surface area contributed by atoms with Gasteiger partial charge in [0.15, 0.2) is 6.61 Å². The van der Waals surface area contributed by atoms with Crippen LogP contribution in [0.3, 0.4) is 0 Å². The maximum Gasteiger partial charge on any atom is 0.260 e. The first-order valence-electron chi connectivity index (χ1n) is 8.55. The molecule has 0 spiro atoms. The van der Waals surface area contributed by atoms with Gasteiger partial charge in [0, 0.05) is 18.3 Å². The van der Waals surface area contributed by atoms with E-state index in [0.29, 0.717) is 24.0 Å². The molecule has 1 fully saturated rings. The maximum absolute atomic E-state index is 12.4. The zero-order valence-electron chi connectivity index (χ0n) is 14.6. The molecule has 1 saturated heterocycles. The summed E-state index contributed by atoms with van der Waals surface area (Å²) in [5, 5.41) is 0. The molecule has 1 aliphatic rings. The Morgan fingerprint density at radius 1 is 1.24 bits per heavy atom. The molecule has 2 heterocycles. The molecule has 0 saturated carbocycles. The second-order valence-electron chi connectivity index (χ2n) is 6.22. The smallest absolute Gasteiger partial charge is 0.260 e. The molecule has 1 atom stereocenters. The van der Waals surface area contributed by atoms with E-state index in [9.17, 15) is 4.79 Å². The number of nitrogens with zero attached hydrogens (tertiary/aromatic N) is 3. The lowest BCUT2D eigenvalue weighted by molar-refractivity contribution is -0.136. The molecule has 132 valence electrons. The minimum absolute atomic E-state index is 0.0211. The molecule has 1 aromatic heterocycles. The Kier molecular flexibility index (Phi) is 5.48. The van der Waals surface area contributed by atoms with Gasteiger partial charge in [0.1, 0.15) is 17.7 Å². The van der Waals surface area contributed by atoms with Crippen molar-refractivity contribution in [1.29, 1.82) is 0 Å². The normalized spacial score (nSPS) is 17.2. The molecule has 0 N–H and O–H groups in total. The first-order valence-corrected chi connectivity index (χ1v) is 8.55. The van der Waals surface area contributed by atoms with Crippen molar-refractivity contribution >= 4 is 5.91 Å². The molecule has 2 aromatic rings. The van der Waals surface area contributed by atoms with Crippen molar-refractivity contribution in [3.05, 3.63) is 47.9 Å². The van der Waals surface area contributed by atoms with Gasteiger partial charge in [0.05, 0.1) is 6.54 Å². The summed E-state index contributed by atoms with van der Waals surface area (Å²) < 4.78 is 11.5. The SMILES string of the molecule is Cc1cc(O[C@@H]2CCCN(C(=O)COc3ccccc3)C2)nc(C)n1. The average molecular weight is 341 g/mol. The zero-order chi connectivity index (χ0) is 17.6. The van der Waals surface area contributed by atoms with Crippen LogP contribution in [0.4, 0.5) is 0 Å². The molecule has 0 radical (unpaired) electrons. The van der Waals surface area contributed by atoms with Gasteiger partial charge in [-0.3, -0.25) is 4.79 Å². The second kappa shape index (κ2) is 7.96. The van der Waals surface area contributed by atoms with E-state index in [0.717, 1.165) is 25.1 Å². The van der Waals surface area contributed by atoms with Crippen molar-refractivity contribution in [2.45, 2.75) is 32.8 Å². The van der Waals surface area contributed by atoms with E-state index >= 15 is 0 Å². The number of ether oxygens (including phenoxy) is 2. The van der Waals surface area contributed by atoms with Crippen LogP contribution in [0.1, 0.15) is 24.4 Å². The molecular weight excluding hydrogens is 318 g/mol. The summed E-state index contributed by atoms with van der Waals surface area (Å²) in [6.45, 7) is 5.09. The third kappa shape index (κ3) is 4.92. The summed E-state index contributed by atoms with van der Waals surface area (Å²) in [6, 6.07) is 11.2. The van der Waals surface area contributed by atoms with E-state index < -0.39 is 0 Å². The predicted molar refractivity (Wildman–Crippen MR) is 93.7 cm³/mol. The number of rotatable bonds is 5. The third-order valence-corrected chi connectivity index (χ3v) is 4.07. The van der Waals surface area contributed by atoms with Gasteiger partial charge in [0.2, 0.25) is 5.88 Å². The number of carbonyl (C=O) groups is 1. The van der Waals surface area contributed by atoms with Gasteiger partial charge in [-0.2, -0.15) is 4.98 Å². The van der Waals surface area contributed by atoms with Gasteiger partial charge in [-0.15, -0.1) is 0 Å². The second-order valence-corrected chi connectivity index (χ2v) is 6.22. The molecule has 1 aromatic carbocycles. The van der Waals surface area contributed by atoms with Crippen LogP contribution in [0.5, 0.6) is 11.6 Å². The monoisotopic (exact) mass is 341 g/mol. The minimum Gasteiger partial charge on any atom is -0.484 e. The third-order valence-electron chi connectivity index (χ3n) is 4.07. The van der Waals surface area contributed by atoms with Gasteiger partial charge >= 0.3 is 0 Å². The number of aromatic nitrogens is 2. The van der Waals surface area contributed by atoms with Crippen LogP contribution in [0.25, 0.3) is 0 Å². The fourth-order valence-electron chi connectivity index (χ4n) is 2.93. The number of hydrogen-bond acceptors (Lipinski definition) is 5. The first-order chi connectivity index (χ1) is 12.1. The number of aryl methyl sites for hydroxylation is 2. The van der Waals surface area contributed by atoms with Gasteiger partial charge in [-0.1, -0.05) is 18.2 Å². The van der Waals surface area contributed by atoms with Gasteiger partial charge < -0.3 is 14.4 Å². The van der Waals surface area contributed by atoms with E-state index in [1.165, 1.54) is 0 Å². The molecule has 25 heavy (non-hydrogen) atoms. The number of para-hydroxylation sites is 1. The van der Waals surface area contributed by atoms with Crippen LogP contribution >= 0.6 is 0 Å². The van der Waals surface area contributed by atoms with Gasteiger partial charge in [0.25, 0.3) is 5.91 Å². The predicted octanol–water partition coefficient (Wildman–Crippen LogP) is 2.54. The van der Waals surface area contributed by atoms with Gasteiger partial charge in [-0.05, 0) is 38.8 Å². The molecule has 0 unspecified atom stereocenters. The Hall–Kier alpha value is -2.63. The Morgan fingerprint density at radius 2 is 2.04 bits per heavy atom. The minimum atomic E-state index is -0.0527. The van der Waals surface area contributed by atoms with Crippen molar-refractivity contribution in [2.24, 2.45) is 0 Å². The van der Waals surface area contributed by atoms with Crippen LogP contribution in [-0.2, 0) is 4.79 Å². The van der Waals surface area contributed by atoms with Crippen molar-refractivity contribution < 1.29 is 14.3 Å². The van der Waals surface area contributed by atoms with E-state index in [1.54, 1.807) is 4.90 Å². The lowest BCUT2D eigenvalue weighted by Gasteiger charge is -2.32. The highest BCUT2D eigenvalue weighted by molar-refractivity contribution is 5.77. The van der Waals surface area contributed by atoms with Gasteiger partial charge in [-0.25, -0.2) is 4.98 Å². The summed E-state index contributed by atoms with van der Waals surface area (Å²) in [5.74, 6) is 1.94. The molecule has 6 heteroatoms. The van der Waals surface area contributed by atoms with Crippen LogP contribution in [0.15, 0.2) is 36.4 Å². The molecule has 1 aliphatic heterocycles. The molecule has 3 rings (SSSR count). The average Bonchev–Trinajstić information content (AvgIpc) is 2.60. The number of amides is 1. The largest absolute Gasteiger partial charge is 0.484 e. The number of carbonyl (C=O) groups excluding carboxylic acids is 1. The molecule has 1 amide bonds. The summed E-state index contributed by atoms with van der Waals surface area (Å²) >= 11 is 0. The van der Waals surface area contributed by atoms with Crippen molar-refractivity contribution in [2.75, 3.05) is 19.7 Å². The topological polar surface area (TPSA) is 64.5 Å². The fourth-order valence-corrected chi connectivity index (χ4v) is 2.93. The van der Waals surface area contributed by atoms with E-state index in [4.69, 9.17) is 9.47 Å². The van der Waals surface area contributed by atoms with Crippen LogP contribution in [0.2, 0.25) is 0 Å². The Balaban J connectivity index is 1.54. The van der Waals surface area contributed by atoms with E-state index in [-0.39, 0.29) is 18.6 Å². The molecule has 6 nitrogen and oxygen atoms in total. The Labute approximate surface area is 147 Å². The summed E-state index contributed by atoms with van der Waals surface area (Å²) in [4.78, 5) is 22.8. The quantitative estimate of drug-likeness (QED) is 0.836. The highest BCUT2D eigenvalue weighted by atomic mass is 16.5. The maximum atomic E-state index is 12.4. The van der Waals surface area contributed by atoms with E-state index in [1.807, 2.05) is 50.2 Å². The first kappa shape index (κ1) is 17.2. The lowest BCUT2D eigenvalue weighted by Crippen LogP contribution is -2.46. The van der Waals surface area contributed by atoms with Crippen LogP contribution < -0.4 is 9.47 Å². The number of likely N-dealkylation sites (tertiary alicyclic amines) is 1.